The van der Waals surface area contributed by atoms with E-state index in [1.807, 2.05) is 6.92 Å². The van der Waals surface area contributed by atoms with Gasteiger partial charge in [-0.1, -0.05) is 13.3 Å². The van der Waals surface area contributed by atoms with Gasteiger partial charge in [0.25, 0.3) is 10.2 Å². The Morgan fingerprint density at radius 1 is 1.44 bits per heavy atom. The van der Waals surface area contributed by atoms with Crippen LogP contribution in [0, 0.1) is 0 Å². The van der Waals surface area contributed by atoms with Crippen LogP contribution in [0.1, 0.15) is 19.8 Å². The zero-order valence-corrected chi connectivity index (χ0v) is 11.1. The summed E-state index contributed by atoms with van der Waals surface area (Å²) in [6, 6.07) is 0. The molecule has 1 fully saturated rings. The average molecular weight is 271 g/mol. The highest BCUT2D eigenvalue weighted by Gasteiger charge is 2.24. The van der Waals surface area contributed by atoms with Gasteiger partial charge in [0.1, 0.15) is 0 Å². The van der Waals surface area contributed by atoms with Gasteiger partial charge in [-0.15, -0.1) is 11.6 Å². The Morgan fingerprint density at radius 3 is 2.62 bits per heavy atom. The van der Waals surface area contributed by atoms with Crippen molar-refractivity contribution in [1.29, 1.82) is 0 Å². The van der Waals surface area contributed by atoms with Crippen molar-refractivity contribution in [3.63, 3.8) is 0 Å². The van der Waals surface area contributed by atoms with E-state index in [4.69, 9.17) is 16.3 Å². The van der Waals surface area contributed by atoms with Crippen LogP contribution >= 0.6 is 11.6 Å². The van der Waals surface area contributed by atoms with Crippen molar-refractivity contribution in [2.45, 2.75) is 25.1 Å². The quantitative estimate of drug-likeness (QED) is 0.718. The molecule has 0 aromatic rings. The van der Waals surface area contributed by atoms with Crippen LogP contribution in [-0.4, -0.2) is 50.9 Å². The lowest BCUT2D eigenvalue weighted by atomic mass is 10.2. The molecule has 1 N–H and O–H groups in total. The van der Waals surface area contributed by atoms with Crippen molar-refractivity contribution in [3.8, 4) is 0 Å². The Hall–Kier alpha value is 0.120. The first kappa shape index (κ1) is 14.2. The molecule has 1 atom stereocenters. The fourth-order valence-electron chi connectivity index (χ4n) is 1.49. The van der Waals surface area contributed by atoms with Crippen LogP contribution in [0.2, 0.25) is 0 Å². The van der Waals surface area contributed by atoms with Crippen LogP contribution in [-0.2, 0) is 14.9 Å². The number of nitrogens with zero attached hydrogens (tertiary/aromatic N) is 1. The molecule has 1 rings (SSSR count). The van der Waals surface area contributed by atoms with E-state index in [1.54, 1.807) is 0 Å². The monoisotopic (exact) mass is 270 g/mol. The molecule has 1 aliphatic rings. The standard InChI is InChI=1S/C9H19ClN2O3S/c1-2-3-9(10)8-11-16(13,14)12-4-6-15-7-5-12/h9,11H,2-8H2,1H3. The second-order valence-electron chi connectivity index (χ2n) is 3.75. The summed E-state index contributed by atoms with van der Waals surface area (Å²) in [6.45, 7) is 4.05. The first-order chi connectivity index (χ1) is 7.56. The normalized spacial score (nSPS) is 20.9. The number of morpholine rings is 1. The maximum atomic E-state index is 11.8. The lowest BCUT2D eigenvalue weighted by Gasteiger charge is -2.26. The van der Waals surface area contributed by atoms with Crippen molar-refractivity contribution < 1.29 is 13.2 Å². The van der Waals surface area contributed by atoms with Gasteiger partial charge in [0, 0.05) is 25.0 Å². The van der Waals surface area contributed by atoms with Gasteiger partial charge in [0.05, 0.1) is 13.2 Å². The maximum absolute atomic E-state index is 11.8. The van der Waals surface area contributed by atoms with E-state index in [-0.39, 0.29) is 11.9 Å². The van der Waals surface area contributed by atoms with Crippen LogP contribution in [0.25, 0.3) is 0 Å². The predicted molar refractivity (Wildman–Crippen MR) is 63.9 cm³/mol. The molecule has 0 aromatic heterocycles. The van der Waals surface area contributed by atoms with Crippen LogP contribution in [0.5, 0.6) is 0 Å². The summed E-state index contributed by atoms with van der Waals surface area (Å²) in [6.07, 6.45) is 1.76. The Balaban J connectivity index is 2.38. The fraction of sp³-hybridized carbons (Fsp3) is 1.00. The minimum Gasteiger partial charge on any atom is -0.379 e. The van der Waals surface area contributed by atoms with Crippen molar-refractivity contribution in [3.05, 3.63) is 0 Å². The van der Waals surface area contributed by atoms with Gasteiger partial charge in [0.15, 0.2) is 0 Å². The zero-order valence-electron chi connectivity index (χ0n) is 9.49. The van der Waals surface area contributed by atoms with Gasteiger partial charge in [-0.2, -0.15) is 12.7 Å². The molecule has 0 aromatic carbocycles. The van der Waals surface area contributed by atoms with Gasteiger partial charge in [-0.05, 0) is 6.42 Å². The number of nitrogens with one attached hydrogen (secondary N) is 1. The smallest absolute Gasteiger partial charge is 0.279 e. The van der Waals surface area contributed by atoms with Gasteiger partial charge in [-0.25, -0.2) is 4.72 Å². The summed E-state index contributed by atoms with van der Waals surface area (Å²) in [4.78, 5) is 0. The van der Waals surface area contributed by atoms with Crippen LogP contribution in [0.4, 0.5) is 0 Å². The summed E-state index contributed by atoms with van der Waals surface area (Å²) < 4.78 is 32.6. The fourth-order valence-corrected chi connectivity index (χ4v) is 3.10. The van der Waals surface area contributed by atoms with Crippen LogP contribution in [0.3, 0.4) is 0 Å². The van der Waals surface area contributed by atoms with E-state index in [0.717, 1.165) is 12.8 Å². The SMILES string of the molecule is CCCC(Cl)CNS(=O)(=O)N1CCOCC1. The lowest BCUT2D eigenvalue weighted by Crippen LogP contribution is -2.47. The van der Waals surface area contributed by atoms with Gasteiger partial charge < -0.3 is 4.74 Å². The van der Waals surface area contributed by atoms with E-state index in [2.05, 4.69) is 4.72 Å². The first-order valence-corrected chi connectivity index (χ1v) is 7.40. The summed E-state index contributed by atoms with van der Waals surface area (Å²) in [5.41, 5.74) is 0. The van der Waals surface area contributed by atoms with Crippen molar-refractivity contribution in [1.82, 2.24) is 9.03 Å². The van der Waals surface area contributed by atoms with Gasteiger partial charge in [0.2, 0.25) is 0 Å². The third-order valence-corrected chi connectivity index (χ3v) is 4.35. The number of rotatable bonds is 6. The molecule has 0 bridgehead atoms. The Kier molecular flexibility index (Phi) is 5.99. The van der Waals surface area contributed by atoms with E-state index < -0.39 is 10.2 Å². The zero-order chi connectivity index (χ0) is 12.0. The second kappa shape index (κ2) is 6.76. The molecule has 0 spiro atoms. The summed E-state index contributed by atoms with van der Waals surface area (Å²) >= 11 is 5.96. The average Bonchev–Trinajstić information content (AvgIpc) is 2.28. The molecule has 0 aliphatic carbocycles. The predicted octanol–water partition coefficient (Wildman–Crippen LogP) is 0.560. The van der Waals surface area contributed by atoms with E-state index >= 15 is 0 Å². The summed E-state index contributed by atoms with van der Waals surface area (Å²) in [5, 5.41) is -0.138. The highest BCUT2D eigenvalue weighted by molar-refractivity contribution is 7.87. The molecule has 5 nitrogen and oxygen atoms in total. The molecule has 1 saturated heterocycles. The van der Waals surface area contributed by atoms with Gasteiger partial charge in [-0.3, -0.25) is 0 Å². The Morgan fingerprint density at radius 2 is 2.06 bits per heavy atom. The Bertz CT molecular complexity index is 291. The molecule has 96 valence electrons. The molecule has 0 radical (unpaired) electrons. The molecule has 0 saturated carbocycles. The number of ether oxygens (including phenoxy) is 1. The van der Waals surface area contributed by atoms with Crippen molar-refractivity contribution >= 4 is 21.8 Å². The molecular weight excluding hydrogens is 252 g/mol. The Labute approximate surface area is 102 Å². The van der Waals surface area contributed by atoms with Crippen LogP contribution < -0.4 is 4.72 Å². The molecule has 0 amide bonds. The largest absolute Gasteiger partial charge is 0.379 e. The summed E-state index contributed by atoms with van der Waals surface area (Å²) in [7, 11) is -3.38. The molecular formula is C9H19ClN2O3S. The number of alkyl halides is 1. The molecule has 1 aliphatic heterocycles. The highest BCUT2D eigenvalue weighted by atomic mass is 35.5. The topological polar surface area (TPSA) is 58.6 Å². The van der Waals surface area contributed by atoms with E-state index in [9.17, 15) is 8.42 Å². The minimum atomic E-state index is -3.38. The minimum absolute atomic E-state index is 0.138. The number of hydrogen-bond donors (Lipinski definition) is 1. The van der Waals surface area contributed by atoms with E-state index in [1.165, 1.54) is 4.31 Å². The molecule has 7 heteroatoms. The van der Waals surface area contributed by atoms with Crippen molar-refractivity contribution in [2.75, 3.05) is 32.8 Å². The van der Waals surface area contributed by atoms with E-state index in [0.29, 0.717) is 26.3 Å². The third kappa shape index (κ3) is 4.55. The molecule has 1 unspecified atom stereocenters. The molecule has 1 heterocycles. The maximum Gasteiger partial charge on any atom is 0.279 e. The highest BCUT2D eigenvalue weighted by Crippen LogP contribution is 2.06. The summed E-state index contributed by atoms with van der Waals surface area (Å²) in [5.74, 6) is 0. The second-order valence-corrected chi connectivity index (χ2v) is 6.12. The first-order valence-electron chi connectivity index (χ1n) is 5.53. The third-order valence-electron chi connectivity index (χ3n) is 2.40. The number of hydrogen-bond acceptors (Lipinski definition) is 3. The van der Waals surface area contributed by atoms with Gasteiger partial charge >= 0.3 is 0 Å². The molecule has 16 heavy (non-hydrogen) atoms. The number of halogens is 1. The lowest BCUT2D eigenvalue weighted by molar-refractivity contribution is 0.0725. The van der Waals surface area contributed by atoms with Crippen molar-refractivity contribution in [2.24, 2.45) is 0 Å². The van der Waals surface area contributed by atoms with Crippen LogP contribution in [0.15, 0.2) is 0 Å².